The zero-order chi connectivity index (χ0) is 24.9. The fourth-order valence-electron chi connectivity index (χ4n) is 5.05. The van der Waals surface area contributed by atoms with Crippen LogP contribution in [0.3, 0.4) is 0 Å². The van der Waals surface area contributed by atoms with Crippen LogP contribution in [0.15, 0.2) is 91.5 Å². The summed E-state index contributed by atoms with van der Waals surface area (Å²) in [5.41, 5.74) is 3.65. The molecule has 0 spiro atoms. The van der Waals surface area contributed by atoms with Crippen molar-refractivity contribution in [2.24, 2.45) is 0 Å². The van der Waals surface area contributed by atoms with E-state index in [4.69, 9.17) is 0 Å². The van der Waals surface area contributed by atoms with Gasteiger partial charge in [0.1, 0.15) is 5.75 Å². The van der Waals surface area contributed by atoms with Gasteiger partial charge in [0.05, 0.1) is 6.04 Å². The highest BCUT2D eigenvalue weighted by atomic mass is 16.3. The molecule has 5 heteroatoms. The van der Waals surface area contributed by atoms with Crippen molar-refractivity contribution in [3.05, 3.63) is 108 Å². The van der Waals surface area contributed by atoms with Gasteiger partial charge >= 0.3 is 0 Å². The van der Waals surface area contributed by atoms with Gasteiger partial charge in [-0.05, 0) is 61.4 Å². The molecule has 1 N–H and O–H groups in total. The summed E-state index contributed by atoms with van der Waals surface area (Å²) in [6.45, 7) is 11.1. The van der Waals surface area contributed by atoms with Crippen LogP contribution in [0.1, 0.15) is 41.4 Å². The maximum atomic E-state index is 13.1. The first-order valence-corrected chi connectivity index (χ1v) is 12.2. The Bertz CT molecular complexity index is 1150. The maximum absolute atomic E-state index is 13.1. The Balaban J connectivity index is 1.64. The molecular weight excluding hydrogens is 434 g/mol. The van der Waals surface area contributed by atoms with Crippen LogP contribution < -0.4 is 4.90 Å². The fraction of sp³-hybridized carbons (Fsp3) is 0.300. The molecule has 0 aliphatic carbocycles. The molecule has 3 unspecified atom stereocenters. The van der Waals surface area contributed by atoms with Crippen molar-refractivity contribution in [1.29, 1.82) is 0 Å². The van der Waals surface area contributed by atoms with E-state index in [0.29, 0.717) is 17.6 Å². The Hall–Kier alpha value is -3.41. The predicted octanol–water partition coefficient (Wildman–Crippen LogP) is 5.34. The molecule has 1 heterocycles. The number of phenols is 1. The van der Waals surface area contributed by atoms with E-state index in [1.807, 2.05) is 72.8 Å². The molecule has 182 valence electrons. The zero-order valence-electron chi connectivity index (χ0n) is 20.8. The summed E-state index contributed by atoms with van der Waals surface area (Å²) >= 11 is 0. The minimum Gasteiger partial charge on any atom is -0.508 e. The number of aromatic hydroxyl groups is 1. The first-order valence-electron chi connectivity index (χ1n) is 12.2. The third-order valence-corrected chi connectivity index (χ3v) is 6.97. The molecule has 0 saturated carbocycles. The summed E-state index contributed by atoms with van der Waals surface area (Å²) in [6.07, 6.45) is 1.97. The molecule has 3 aromatic carbocycles. The third kappa shape index (κ3) is 5.47. The molecule has 1 aliphatic rings. The Morgan fingerprint density at radius 2 is 1.71 bits per heavy atom. The zero-order valence-corrected chi connectivity index (χ0v) is 20.8. The maximum Gasteiger partial charge on any atom is 0.258 e. The number of amides is 1. The number of anilines is 1. The monoisotopic (exact) mass is 469 g/mol. The average molecular weight is 470 g/mol. The van der Waals surface area contributed by atoms with E-state index in [0.717, 1.165) is 36.4 Å². The van der Waals surface area contributed by atoms with Gasteiger partial charge in [0, 0.05) is 50.0 Å². The predicted molar refractivity (Wildman–Crippen MR) is 143 cm³/mol. The van der Waals surface area contributed by atoms with Gasteiger partial charge in [-0.3, -0.25) is 14.6 Å². The standard InChI is InChI=1S/C30H35N3O2/c1-5-18-32-20-23(3)33(21-22(32)2)29(26-10-9-13-28(34)19-26)24-14-16-25(17-15-24)30(35)31(4)27-11-7-6-8-12-27/h5-17,19,22-23,29,34H,1,18,20-21H2,2-4H3. The molecule has 0 radical (unpaired) electrons. The van der Waals surface area contributed by atoms with Crippen LogP contribution in [0.2, 0.25) is 0 Å². The topological polar surface area (TPSA) is 47.0 Å². The number of hydrogen-bond acceptors (Lipinski definition) is 4. The smallest absolute Gasteiger partial charge is 0.258 e. The van der Waals surface area contributed by atoms with Crippen LogP contribution >= 0.6 is 0 Å². The third-order valence-electron chi connectivity index (χ3n) is 6.97. The highest BCUT2D eigenvalue weighted by molar-refractivity contribution is 6.05. The van der Waals surface area contributed by atoms with Gasteiger partial charge in [-0.1, -0.05) is 48.5 Å². The van der Waals surface area contributed by atoms with Gasteiger partial charge in [-0.2, -0.15) is 0 Å². The molecule has 35 heavy (non-hydrogen) atoms. The lowest BCUT2D eigenvalue weighted by Gasteiger charge is -2.47. The molecule has 1 amide bonds. The number of rotatable bonds is 7. The van der Waals surface area contributed by atoms with Crippen molar-refractivity contribution in [2.75, 3.05) is 31.6 Å². The second kappa shape index (κ2) is 10.9. The Morgan fingerprint density at radius 3 is 2.37 bits per heavy atom. The number of hydrogen-bond donors (Lipinski definition) is 1. The van der Waals surface area contributed by atoms with Gasteiger partial charge in [-0.15, -0.1) is 6.58 Å². The lowest BCUT2D eigenvalue weighted by molar-refractivity contribution is 0.0306. The van der Waals surface area contributed by atoms with E-state index in [1.54, 1.807) is 18.0 Å². The minimum absolute atomic E-state index is 0.0264. The Kier molecular flexibility index (Phi) is 7.69. The molecule has 1 fully saturated rings. The van der Waals surface area contributed by atoms with E-state index in [1.165, 1.54) is 0 Å². The number of piperazine rings is 1. The molecule has 1 saturated heterocycles. The lowest BCUT2D eigenvalue weighted by Crippen LogP contribution is -2.57. The second-order valence-corrected chi connectivity index (χ2v) is 9.46. The fourth-order valence-corrected chi connectivity index (χ4v) is 5.05. The van der Waals surface area contributed by atoms with Crippen molar-refractivity contribution < 1.29 is 9.90 Å². The summed E-state index contributed by atoms with van der Waals surface area (Å²) in [4.78, 5) is 19.7. The minimum atomic E-state index is -0.0447. The van der Waals surface area contributed by atoms with E-state index < -0.39 is 0 Å². The number of carbonyl (C=O) groups excluding carboxylic acids is 1. The Labute approximate surface area is 208 Å². The van der Waals surface area contributed by atoms with Gasteiger partial charge in [0.2, 0.25) is 0 Å². The van der Waals surface area contributed by atoms with Gasteiger partial charge in [-0.25, -0.2) is 0 Å². The molecule has 0 bridgehead atoms. The second-order valence-electron chi connectivity index (χ2n) is 9.46. The summed E-state index contributed by atoms with van der Waals surface area (Å²) in [6, 6.07) is 25.8. The van der Waals surface area contributed by atoms with Crippen molar-refractivity contribution in [1.82, 2.24) is 9.80 Å². The summed E-state index contributed by atoms with van der Waals surface area (Å²) in [7, 11) is 1.80. The number of para-hydroxylation sites is 1. The number of carbonyl (C=O) groups is 1. The first-order chi connectivity index (χ1) is 16.9. The molecule has 4 rings (SSSR count). The number of phenolic OH excluding ortho intramolecular Hbond substituents is 1. The van der Waals surface area contributed by atoms with Gasteiger partial charge < -0.3 is 10.0 Å². The van der Waals surface area contributed by atoms with E-state index in [2.05, 4.69) is 36.3 Å². The lowest BCUT2D eigenvalue weighted by atomic mass is 9.92. The normalized spacial score (nSPS) is 19.7. The summed E-state index contributed by atoms with van der Waals surface area (Å²) in [5, 5.41) is 10.2. The van der Waals surface area contributed by atoms with Crippen molar-refractivity contribution in [3.63, 3.8) is 0 Å². The molecule has 0 aromatic heterocycles. The molecule has 1 aliphatic heterocycles. The largest absolute Gasteiger partial charge is 0.508 e. The van der Waals surface area contributed by atoms with Crippen LogP contribution in [0.25, 0.3) is 0 Å². The van der Waals surface area contributed by atoms with Gasteiger partial charge in [0.25, 0.3) is 5.91 Å². The SMILES string of the molecule is C=CCN1CC(C)N(C(c2ccc(C(=O)N(C)c3ccccc3)cc2)c2cccc(O)c2)CC1C. The highest BCUT2D eigenvalue weighted by Crippen LogP contribution is 2.34. The van der Waals surface area contributed by atoms with E-state index in [-0.39, 0.29) is 17.7 Å². The van der Waals surface area contributed by atoms with Crippen LogP contribution in [-0.2, 0) is 0 Å². The number of nitrogens with zero attached hydrogens (tertiary/aromatic N) is 3. The van der Waals surface area contributed by atoms with Crippen LogP contribution in [0.5, 0.6) is 5.75 Å². The van der Waals surface area contributed by atoms with E-state index >= 15 is 0 Å². The molecule has 5 nitrogen and oxygen atoms in total. The van der Waals surface area contributed by atoms with E-state index in [9.17, 15) is 9.90 Å². The Morgan fingerprint density at radius 1 is 1.00 bits per heavy atom. The van der Waals surface area contributed by atoms with Crippen molar-refractivity contribution in [3.8, 4) is 5.75 Å². The van der Waals surface area contributed by atoms with Gasteiger partial charge in [0.15, 0.2) is 0 Å². The highest BCUT2D eigenvalue weighted by Gasteiger charge is 2.34. The molecule has 3 atom stereocenters. The average Bonchev–Trinajstić information content (AvgIpc) is 2.87. The molecular formula is C30H35N3O2. The quantitative estimate of drug-likeness (QED) is 0.475. The van der Waals surface area contributed by atoms with Crippen LogP contribution in [0.4, 0.5) is 5.69 Å². The van der Waals surface area contributed by atoms with Crippen molar-refractivity contribution in [2.45, 2.75) is 32.0 Å². The van der Waals surface area contributed by atoms with Crippen molar-refractivity contribution >= 4 is 11.6 Å². The molecule has 3 aromatic rings. The summed E-state index contributed by atoms with van der Waals surface area (Å²) < 4.78 is 0. The number of benzene rings is 3. The summed E-state index contributed by atoms with van der Waals surface area (Å²) in [5.74, 6) is 0.214. The van der Waals surface area contributed by atoms with Crippen LogP contribution in [0, 0.1) is 0 Å². The van der Waals surface area contributed by atoms with Crippen LogP contribution in [-0.4, -0.2) is 59.6 Å². The first kappa shape index (κ1) is 24.7.